The average molecular weight is 285 g/mol. The van der Waals surface area contributed by atoms with Gasteiger partial charge in [0, 0.05) is 11.1 Å². The third-order valence-corrected chi connectivity index (χ3v) is 3.31. The van der Waals surface area contributed by atoms with E-state index in [-0.39, 0.29) is 5.97 Å². The Morgan fingerprint density at radius 2 is 2.33 bits per heavy atom. The zero-order chi connectivity index (χ0) is 14.8. The SMILES string of the molecule is COC(=O)c1cc(CNc2cccc3[nH]ncc23)oc1C. The molecular weight excluding hydrogens is 270 g/mol. The van der Waals surface area contributed by atoms with E-state index in [9.17, 15) is 4.79 Å². The lowest BCUT2D eigenvalue weighted by molar-refractivity contribution is 0.0599. The third kappa shape index (κ3) is 2.47. The Morgan fingerprint density at radius 3 is 3.14 bits per heavy atom. The standard InChI is InChI=1S/C15H15N3O3/c1-9-11(15(19)20-2)6-10(21-9)7-16-13-4-3-5-14-12(13)8-17-18-14/h3-6,8,16H,7H2,1-2H3,(H,17,18). The minimum absolute atomic E-state index is 0.389. The second-order valence-corrected chi connectivity index (χ2v) is 4.66. The highest BCUT2D eigenvalue weighted by Gasteiger charge is 2.15. The van der Waals surface area contributed by atoms with Gasteiger partial charge >= 0.3 is 5.97 Å². The summed E-state index contributed by atoms with van der Waals surface area (Å²) < 4.78 is 10.3. The fraction of sp³-hybridized carbons (Fsp3) is 0.200. The van der Waals surface area contributed by atoms with Crippen molar-refractivity contribution < 1.29 is 13.9 Å². The van der Waals surface area contributed by atoms with Crippen LogP contribution in [0.5, 0.6) is 0 Å². The molecule has 3 aromatic rings. The molecule has 0 aliphatic heterocycles. The van der Waals surface area contributed by atoms with Crippen LogP contribution in [0.15, 0.2) is 34.9 Å². The summed E-state index contributed by atoms with van der Waals surface area (Å²) in [6.07, 6.45) is 1.77. The van der Waals surface area contributed by atoms with E-state index in [0.29, 0.717) is 23.6 Å². The number of aromatic nitrogens is 2. The van der Waals surface area contributed by atoms with Crippen molar-refractivity contribution in [1.82, 2.24) is 10.2 Å². The number of H-pyrrole nitrogens is 1. The number of rotatable bonds is 4. The minimum Gasteiger partial charge on any atom is -0.465 e. The monoisotopic (exact) mass is 285 g/mol. The van der Waals surface area contributed by atoms with Crippen LogP contribution in [-0.4, -0.2) is 23.3 Å². The van der Waals surface area contributed by atoms with Gasteiger partial charge in [0.05, 0.1) is 25.4 Å². The van der Waals surface area contributed by atoms with E-state index < -0.39 is 0 Å². The predicted octanol–water partition coefficient (Wildman–Crippen LogP) is 2.86. The number of methoxy groups -OCH3 is 1. The van der Waals surface area contributed by atoms with Crippen molar-refractivity contribution in [1.29, 1.82) is 0 Å². The number of fused-ring (bicyclic) bond motifs is 1. The van der Waals surface area contributed by atoms with Gasteiger partial charge in [0.15, 0.2) is 0 Å². The van der Waals surface area contributed by atoms with Crippen LogP contribution in [0, 0.1) is 6.92 Å². The predicted molar refractivity (Wildman–Crippen MR) is 78.2 cm³/mol. The van der Waals surface area contributed by atoms with Crippen LogP contribution in [0.2, 0.25) is 0 Å². The van der Waals surface area contributed by atoms with E-state index in [1.807, 2.05) is 18.2 Å². The van der Waals surface area contributed by atoms with E-state index in [2.05, 4.69) is 15.5 Å². The number of anilines is 1. The van der Waals surface area contributed by atoms with Gasteiger partial charge in [0.25, 0.3) is 0 Å². The van der Waals surface area contributed by atoms with Crippen LogP contribution in [0.25, 0.3) is 10.9 Å². The maximum atomic E-state index is 11.5. The van der Waals surface area contributed by atoms with Gasteiger partial charge in [-0.25, -0.2) is 4.79 Å². The Kier molecular flexibility index (Phi) is 3.35. The van der Waals surface area contributed by atoms with Crippen LogP contribution in [0.1, 0.15) is 21.9 Å². The molecule has 0 unspecified atom stereocenters. The summed E-state index contributed by atoms with van der Waals surface area (Å²) in [6.45, 7) is 2.22. The van der Waals surface area contributed by atoms with E-state index in [4.69, 9.17) is 9.15 Å². The highest BCUT2D eigenvalue weighted by Crippen LogP contribution is 2.22. The van der Waals surface area contributed by atoms with E-state index >= 15 is 0 Å². The van der Waals surface area contributed by atoms with Crippen LogP contribution in [0.3, 0.4) is 0 Å². The van der Waals surface area contributed by atoms with Crippen LogP contribution in [0.4, 0.5) is 5.69 Å². The lowest BCUT2D eigenvalue weighted by Crippen LogP contribution is -2.01. The number of ether oxygens (including phenoxy) is 1. The van der Waals surface area contributed by atoms with Crippen LogP contribution in [-0.2, 0) is 11.3 Å². The molecule has 6 nitrogen and oxygen atoms in total. The smallest absolute Gasteiger partial charge is 0.341 e. The number of nitrogens with one attached hydrogen (secondary N) is 2. The second kappa shape index (κ2) is 5.32. The number of aryl methyl sites for hydroxylation is 1. The molecule has 2 N–H and O–H groups in total. The van der Waals surface area contributed by atoms with Crippen molar-refractivity contribution in [3.8, 4) is 0 Å². The Bertz CT molecular complexity index is 788. The van der Waals surface area contributed by atoms with Gasteiger partial charge in [-0.1, -0.05) is 6.07 Å². The lowest BCUT2D eigenvalue weighted by atomic mass is 10.2. The molecule has 0 atom stereocenters. The molecule has 0 fully saturated rings. The van der Waals surface area contributed by atoms with E-state index in [0.717, 1.165) is 16.6 Å². The first-order chi connectivity index (χ1) is 10.2. The Morgan fingerprint density at radius 1 is 1.48 bits per heavy atom. The van der Waals surface area contributed by atoms with Crippen molar-refractivity contribution in [2.24, 2.45) is 0 Å². The molecule has 6 heteroatoms. The third-order valence-electron chi connectivity index (χ3n) is 3.31. The van der Waals surface area contributed by atoms with Gasteiger partial charge in [-0.05, 0) is 25.1 Å². The minimum atomic E-state index is -0.389. The van der Waals surface area contributed by atoms with Gasteiger partial charge in [0.1, 0.15) is 17.1 Å². The van der Waals surface area contributed by atoms with Crippen LogP contribution >= 0.6 is 0 Å². The zero-order valence-corrected chi connectivity index (χ0v) is 11.8. The van der Waals surface area contributed by atoms with Gasteiger partial charge in [0.2, 0.25) is 0 Å². The number of aromatic amines is 1. The molecule has 0 bridgehead atoms. The molecule has 21 heavy (non-hydrogen) atoms. The highest BCUT2D eigenvalue weighted by molar-refractivity contribution is 5.91. The summed E-state index contributed by atoms with van der Waals surface area (Å²) >= 11 is 0. The topological polar surface area (TPSA) is 80.1 Å². The molecule has 0 saturated carbocycles. The first kappa shape index (κ1) is 13.2. The Labute approximate surface area is 121 Å². The number of esters is 1. The molecule has 108 valence electrons. The molecule has 2 aromatic heterocycles. The number of hydrogen-bond acceptors (Lipinski definition) is 5. The fourth-order valence-electron chi connectivity index (χ4n) is 2.25. The molecule has 3 rings (SSSR count). The molecule has 0 spiro atoms. The average Bonchev–Trinajstić information content (AvgIpc) is 3.10. The van der Waals surface area contributed by atoms with E-state index in [1.165, 1.54) is 7.11 Å². The molecule has 0 radical (unpaired) electrons. The van der Waals surface area contributed by atoms with Gasteiger partial charge in [-0.2, -0.15) is 5.10 Å². The quantitative estimate of drug-likeness (QED) is 0.720. The number of carbonyl (C=O) groups excluding carboxylic acids is 1. The van der Waals surface area contributed by atoms with Gasteiger partial charge < -0.3 is 14.5 Å². The van der Waals surface area contributed by atoms with Crippen LogP contribution < -0.4 is 5.32 Å². The second-order valence-electron chi connectivity index (χ2n) is 4.66. The van der Waals surface area contributed by atoms with Crippen molar-refractivity contribution in [2.75, 3.05) is 12.4 Å². The molecule has 0 saturated heterocycles. The van der Waals surface area contributed by atoms with Crippen molar-refractivity contribution in [2.45, 2.75) is 13.5 Å². The van der Waals surface area contributed by atoms with Gasteiger partial charge in [-0.15, -0.1) is 0 Å². The number of benzene rings is 1. The maximum Gasteiger partial charge on any atom is 0.341 e. The van der Waals surface area contributed by atoms with Crippen molar-refractivity contribution in [3.05, 3.63) is 47.5 Å². The van der Waals surface area contributed by atoms with Crippen molar-refractivity contribution in [3.63, 3.8) is 0 Å². The number of nitrogens with zero attached hydrogens (tertiary/aromatic N) is 1. The van der Waals surface area contributed by atoms with Crippen molar-refractivity contribution >= 4 is 22.6 Å². The summed E-state index contributed by atoms with van der Waals surface area (Å²) in [6, 6.07) is 7.56. The Balaban J connectivity index is 1.79. The first-order valence-electron chi connectivity index (χ1n) is 6.52. The number of carbonyl (C=O) groups is 1. The fourth-order valence-corrected chi connectivity index (χ4v) is 2.25. The molecule has 0 aliphatic carbocycles. The highest BCUT2D eigenvalue weighted by atomic mass is 16.5. The molecule has 2 heterocycles. The molecule has 0 amide bonds. The summed E-state index contributed by atoms with van der Waals surface area (Å²) in [5.41, 5.74) is 2.37. The first-order valence-corrected chi connectivity index (χ1v) is 6.52. The molecule has 0 aliphatic rings. The Hall–Kier alpha value is -2.76. The van der Waals surface area contributed by atoms with Gasteiger partial charge in [-0.3, -0.25) is 5.10 Å². The molecule has 1 aromatic carbocycles. The normalized spacial score (nSPS) is 10.8. The summed E-state index contributed by atoms with van der Waals surface area (Å²) in [5, 5.41) is 11.2. The van der Waals surface area contributed by atoms with E-state index in [1.54, 1.807) is 19.2 Å². The molecular formula is C15H15N3O3. The number of hydrogen-bond donors (Lipinski definition) is 2. The lowest BCUT2D eigenvalue weighted by Gasteiger charge is -2.05. The number of furan rings is 1. The summed E-state index contributed by atoms with van der Waals surface area (Å²) in [4.78, 5) is 11.5. The summed E-state index contributed by atoms with van der Waals surface area (Å²) in [7, 11) is 1.35. The summed E-state index contributed by atoms with van der Waals surface area (Å²) in [5.74, 6) is 0.841. The maximum absolute atomic E-state index is 11.5. The largest absolute Gasteiger partial charge is 0.465 e. The zero-order valence-electron chi connectivity index (χ0n) is 11.8.